The number of nitrogens with one attached hydrogen (secondary N) is 1. The maximum Gasteiger partial charge on any atom is 0.308 e. The van der Waals surface area contributed by atoms with Gasteiger partial charge in [-0.3, -0.25) is 14.4 Å². The van der Waals surface area contributed by atoms with Crippen LogP contribution in [0.15, 0.2) is 30.3 Å². The summed E-state index contributed by atoms with van der Waals surface area (Å²) in [5, 5.41) is 2.73. The van der Waals surface area contributed by atoms with Crippen LogP contribution in [0.4, 0.5) is 0 Å². The third-order valence-corrected chi connectivity index (χ3v) is 3.67. The molecule has 0 aliphatic carbocycles. The molecule has 7 heteroatoms. The lowest BCUT2D eigenvalue weighted by molar-refractivity contribution is -0.154. The third-order valence-electron chi connectivity index (χ3n) is 3.67. The van der Waals surface area contributed by atoms with Crippen molar-refractivity contribution < 1.29 is 23.9 Å². The summed E-state index contributed by atoms with van der Waals surface area (Å²) in [5.74, 6) is -0.998. The largest absolute Gasteiger partial charge is 0.455 e. The number of carbonyl (C=O) groups is 3. The molecule has 0 unspecified atom stereocenters. The highest BCUT2D eigenvalue weighted by atomic mass is 16.5. The summed E-state index contributed by atoms with van der Waals surface area (Å²) in [6.45, 7) is 3.12. The Labute approximate surface area is 140 Å². The summed E-state index contributed by atoms with van der Waals surface area (Å²) in [6.07, 6.45) is -0.0278. The molecule has 1 aromatic carbocycles. The molecule has 2 amide bonds. The number of morpholine rings is 1. The first kappa shape index (κ1) is 17.9. The topological polar surface area (TPSA) is 84.9 Å². The van der Waals surface area contributed by atoms with Crippen LogP contribution in [-0.4, -0.2) is 55.6 Å². The van der Waals surface area contributed by atoms with Gasteiger partial charge in [0.25, 0.3) is 5.91 Å². The van der Waals surface area contributed by atoms with E-state index in [9.17, 15) is 14.4 Å². The first-order chi connectivity index (χ1) is 11.6. The van der Waals surface area contributed by atoms with Gasteiger partial charge in [0.1, 0.15) is 0 Å². The number of amides is 2. The molecule has 1 fully saturated rings. The van der Waals surface area contributed by atoms with Crippen molar-refractivity contribution >= 4 is 17.8 Å². The van der Waals surface area contributed by atoms with Gasteiger partial charge in [-0.25, -0.2) is 0 Å². The molecule has 24 heavy (non-hydrogen) atoms. The Balaban J connectivity index is 1.85. The zero-order chi connectivity index (χ0) is 17.4. The van der Waals surface area contributed by atoms with E-state index in [1.54, 1.807) is 4.90 Å². The van der Waals surface area contributed by atoms with E-state index in [1.165, 1.54) is 6.92 Å². The lowest BCUT2D eigenvalue weighted by Crippen LogP contribution is -2.42. The van der Waals surface area contributed by atoms with Gasteiger partial charge in [-0.15, -0.1) is 0 Å². The Morgan fingerprint density at radius 1 is 1.21 bits per heavy atom. The molecule has 1 aromatic rings. The second-order valence-electron chi connectivity index (χ2n) is 5.52. The molecule has 0 saturated carbocycles. The summed E-state index contributed by atoms with van der Waals surface area (Å²) in [7, 11) is 0. The third kappa shape index (κ3) is 5.66. The van der Waals surface area contributed by atoms with Gasteiger partial charge in [0, 0.05) is 20.0 Å². The van der Waals surface area contributed by atoms with Gasteiger partial charge in [0.05, 0.1) is 25.7 Å². The molecule has 1 saturated heterocycles. The predicted molar refractivity (Wildman–Crippen MR) is 86.0 cm³/mol. The number of rotatable bonds is 6. The maximum absolute atomic E-state index is 12.0. The number of hydrogen-bond donors (Lipinski definition) is 1. The molecule has 1 heterocycles. The van der Waals surface area contributed by atoms with Crippen molar-refractivity contribution in [2.45, 2.75) is 19.4 Å². The summed E-state index contributed by atoms with van der Waals surface area (Å²) in [6, 6.07) is 8.69. The molecule has 1 atom stereocenters. The Morgan fingerprint density at radius 2 is 1.88 bits per heavy atom. The summed E-state index contributed by atoms with van der Waals surface area (Å²) >= 11 is 0. The van der Waals surface area contributed by atoms with Gasteiger partial charge in [-0.1, -0.05) is 30.3 Å². The van der Waals surface area contributed by atoms with E-state index in [4.69, 9.17) is 9.47 Å². The predicted octanol–water partition coefficient (Wildman–Crippen LogP) is 0.656. The van der Waals surface area contributed by atoms with Crippen LogP contribution in [0.1, 0.15) is 24.9 Å². The molecule has 1 aliphatic heterocycles. The first-order valence-electron chi connectivity index (χ1n) is 7.89. The van der Waals surface area contributed by atoms with Crippen molar-refractivity contribution in [2.75, 3.05) is 32.9 Å². The van der Waals surface area contributed by atoms with Gasteiger partial charge in [-0.05, 0) is 5.56 Å². The van der Waals surface area contributed by atoms with E-state index >= 15 is 0 Å². The number of nitrogens with zero attached hydrogens (tertiary/aromatic N) is 1. The van der Waals surface area contributed by atoms with Crippen LogP contribution in [0.25, 0.3) is 0 Å². The Hall–Kier alpha value is -2.41. The minimum Gasteiger partial charge on any atom is -0.455 e. The fourth-order valence-corrected chi connectivity index (χ4v) is 2.45. The van der Waals surface area contributed by atoms with E-state index in [0.29, 0.717) is 26.3 Å². The molecule has 0 bridgehead atoms. The molecular weight excluding hydrogens is 312 g/mol. The van der Waals surface area contributed by atoms with Crippen LogP contribution in [0, 0.1) is 0 Å². The first-order valence-corrected chi connectivity index (χ1v) is 7.89. The monoisotopic (exact) mass is 334 g/mol. The van der Waals surface area contributed by atoms with Gasteiger partial charge in [0.15, 0.2) is 6.61 Å². The maximum atomic E-state index is 12.0. The molecule has 130 valence electrons. The van der Waals surface area contributed by atoms with Crippen LogP contribution in [0.3, 0.4) is 0 Å². The SMILES string of the molecule is CC(=O)N[C@H](CC(=O)OCC(=O)N1CCOCC1)c1ccccc1. The minimum atomic E-state index is -0.529. The van der Waals surface area contributed by atoms with Crippen molar-refractivity contribution in [3.05, 3.63) is 35.9 Å². The van der Waals surface area contributed by atoms with Gasteiger partial charge >= 0.3 is 5.97 Å². The average Bonchev–Trinajstić information content (AvgIpc) is 2.60. The number of benzene rings is 1. The van der Waals surface area contributed by atoms with Crippen molar-refractivity contribution in [1.82, 2.24) is 10.2 Å². The lowest BCUT2D eigenvalue weighted by atomic mass is 10.0. The number of carbonyl (C=O) groups excluding carboxylic acids is 3. The molecule has 0 spiro atoms. The normalized spacial score (nSPS) is 15.5. The Kier molecular flexibility index (Phi) is 6.74. The minimum absolute atomic E-state index is 0.0278. The van der Waals surface area contributed by atoms with E-state index in [0.717, 1.165) is 5.56 Å². The van der Waals surface area contributed by atoms with Crippen LogP contribution < -0.4 is 5.32 Å². The Bertz CT molecular complexity index is 570. The summed E-state index contributed by atoms with van der Waals surface area (Å²) in [4.78, 5) is 36.9. The van der Waals surface area contributed by atoms with Crippen molar-refractivity contribution in [1.29, 1.82) is 0 Å². The van der Waals surface area contributed by atoms with E-state index in [2.05, 4.69) is 5.32 Å². The lowest BCUT2D eigenvalue weighted by Gasteiger charge is -2.26. The van der Waals surface area contributed by atoms with Crippen LogP contribution in [-0.2, 0) is 23.9 Å². The molecule has 0 aromatic heterocycles. The second kappa shape index (κ2) is 9.02. The van der Waals surface area contributed by atoms with E-state index in [1.807, 2.05) is 30.3 Å². The van der Waals surface area contributed by atoms with E-state index < -0.39 is 12.0 Å². The highest BCUT2D eigenvalue weighted by Crippen LogP contribution is 2.17. The van der Waals surface area contributed by atoms with Gasteiger partial charge < -0.3 is 19.7 Å². The van der Waals surface area contributed by atoms with Crippen molar-refractivity contribution in [2.24, 2.45) is 0 Å². The van der Waals surface area contributed by atoms with Crippen molar-refractivity contribution in [3.8, 4) is 0 Å². The Morgan fingerprint density at radius 3 is 2.50 bits per heavy atom. The number of esters is 1. The number of ether oxygens (including phenoxy) is 2. The highest BCUT2D eigenvalue weighted by molar-refractivity contribution is 5.81. The molecular formula is C17H22N2O5. The summed E-state index contributed by atoms with van der Waals surface area (Å²) in [5.41, 5.74) is 0.809. The second-order valence-corrected chi connectivity index (χ2v) is 5.52. The highest BCUT2D eigenvalue weighted by Gasteiger charge is 2.21. The standard InChI is InChI=1S/C17H22N2O5/c1-13(20)18-15(14-5-3-2-4-6-14)11-17(22)24-12-16(21)19-7-9-23-10-8-19/h2-6,15H,7-12H2,1H3,(H,18,20)/t15-/m1/s1. The molecule has 1 N–H and O–H groups in total. The van der Waals surface area contributed by atoms with Crippen molar-refractivity contribution in [3.63, 3.8) is 0 Å². The van der Waals surface area contributed by atoms with E-state index in [-0.39, 0.29) is 24.8 Å². The fourth-order valence-electron chi connectivity index (χ4n) is 2.45. The summed E-state index contributed by atoms with van der Waals surface area (Å²) < 4.78 is 10.2. The molecule has 1 aliphatic rings. The fraction of sp³-hybridized carbons (Fsp3) is 0.471. The van der Waals surface area contributed by atoms with Crippen LogP contribution in [0.5, 0.6) is 0 Å². The van der Waals surface area contributed by atoms with Gasteiger partial charge in [-0.2, -0.15) is 0 Å². The van der Waals surface area contributed by atoms with Gasteiger partial charge in [0.2, 0.25) is 5.91 Å². The zero-order valence-corrected chi connectivity index (χ0v) is 13.7. The quantitative estimate of drug-likeness (QED) is 0.773. The molecule has 2 rings (SSSR count). The van der Waals surface area contributed by atoms with Crippen LogP contribution >= 0.6 is 0 Å². The number of hydrogen-bond acceptors (Lipinski definition) is 5. The molecule has 0 radical (unpaired) electrons. The van der Waals surface area contributed by atoms with Crippen LogP contribution in [0.2, 0.25) is 0 Å². The average molecular weight is 334 g/mol. The smallest absolute Gasteiger partial charge is 0.308 e. The zero-order valence-electron chi connectivity index (χ0n) is 13.7. The molecule has 7 nitrogen and oxygen atoms in total.